The molecule has 0 aliphatic rings. The maximum atomic E-state index is 13.7. The molecule has 1 atom stereocenters. The third-order valence-electron chi connectivity index (χ3n) is 5.65. The first kappa shape index (κ1) is 30.6. The largest absolute Gasteiger partial charge is 0.344 e. The molecule has 1 rings (SSSR count). The van der Waals surface area contributed by atoms with Gasteiger partial charge in [-0.25, -0.2) is 0 Å². The molecular formula is C28H41F2N3OS. The van der Waals surface area contributed by atoms with Crippen molar-refractivity contribution in [3.63, 3.8) is 0 Å². The number of nitrogens with zero attached hydrogens (tertiary/aromatic N) is 2. The monoisotopic (exact) mass is 505 g/mol. The van der Waals surface area contributed by atoms with Crippen LogP contribution >= 0.6 is 11.8 Å². The molecule has 0 saturated heterocycles. The number of carbonyl (C=O) groups is 1. The van der Waals surface area contributed by atoms with Crippen LogP contribution in [0.2, 0.25) is 0 Å². The molecule has 7 heteroatoms. The fraction of sp³-hybridized carbons (Fsp3) is 0.500. The van der Waals surface area contributed by atoms with Crippen LogP contribution in [0.5, 0.6) is 0 Å². The first-order valence-corrected chi connectivity index (χ1v) is 13.0. The van der Waals surface area contributed by atoms with Crippen molar-refractivity contribution in [1.29, 1.82) is 0 Å². The molecular weight excluding hydrogens is 464 g/mol. The summed E-state index contributed by atoms with van der Waals surface area (Å²) < 4.78 is 28.5. The van der Waals surface area contributed by atoms with E-state index in [2.05, 4.69) is 50.8 Å². The van der Waals surface area contributed by atoms with Crippen LogP contribution < -0.4 is 5.32 Å². The van der Waals surface area contributed by atoms with Crippen molar-refractivity contribution < 1.29 is 13.6 Å². The van der Waals surface area contributed by atoms with Gasteiger partial charge in [-0.3, -0.25) is 9.48 Å². The Hall–Kier alpha value is -2.41. The average Bonchev–Trinajstić information content (AvgIpc) is 3.20. The van der Waals surface area contributed by atoms with Gasteiger partial charge in [-0.05, 0) is 58.6 Å². The lowest BCUT2D eigenvalue weighted by Crippen LogP contribution is -2.34. The number of unbranched alkanes of at least 4 members (excludes halogenated alkanes) is 1. The molecule has 1 amide bonds. The topological polar surface area (TPSA) is 46.9 Å². The van der Waals surface area contributed by atoms with Crippen LogP contribution in [-0.2, 0) is 13.0 Å². The lowest BCUT2D eigenvalue weighted by molar-refractivity contribution is 0.0122. The van der Waals surface area contributed by atoms with Gasteiger partial charge >= 0.3 is 0 Å². The normalized spacial score (nSPS) is 15.1. The zero-order valence-corrected chi connectivity index (χ0v) is 23.3. The Labute approximate surface area is 214 Å². The van der Waals surface area contributed by atoms with Gasteiger partial charge in [0.25, 0.3) is 11.8 Å². The van der Waals surface area contributed by atoms with Crippen LogP contribution in [0.4, 0.5) is 8.78 Å². The van der Waals surface area contributed by atoms with Crippen molar-refractivity contribution in [2.24, 2.45) is 7.05 Å². The summed E-state index contributed by atoms with van der Waals surface area (Å²) in [4.78, 5) is 15.0. The number of aryl methyl sites for hydroxylation is 1. The van der Waals surface area contributed by atoms with E-state index < -0.39 is 17.5 Å². The van der Waals surface area contributed by atoms with Crippen molar-refractivity contribution in [3.05, 3.63) is 74.9 Å². The SMILES string of the molecule is C=C/C=C(\C=C(\C)CCCC)C(S/C(=C\C)C(C)NC(=O)c1cc(C(C)(F)F)nn1C)=C(C)CC. The smallest absolute Gasteiger partial charge is 0.288 e. The molecule has 1 aromatic heterocycles. The van der Waals surface area contributed by atoms with Crippen LogP contribution in [0, 0.1) is 0 Å². The highest BCUT2D eigenvalue weighted by molar-refractivity contribution is 8.07. The Bertz CT molecular complexity index is 1010. The predicted octanol–water partition coefficient (Wildman–Crippen LogP) is 8.22. The van der Waals surface area contributed by atoms with Gasteiger partial charge in [-0.15, -0.1) is 0 Å². The molecule has 0 aromatic carbocycles. The molecule has 1 heterocycles. The van der Waals surface area contributed by atoms with Gasteiger partial charge in [-0.2, -0.15) is 13.9 Å². The van der Waals surface area contributed by atoms with Gasteiger partial charge in [0, 0.05) is 23.8 Å². The molecule has 4 nitrogen and oxygen atoms in total. The van der Waals surface area contributed by atoms with E-state index in [1.807, 2.05) is 26.0 Å². The maximum absolute atomic E-state index is 13.7. The number of rotatable bonds is 13. The number of alkyl halides is 2. The zero-order valence-electron chi connectivity index (χ0n) is 22.5. The molecule has 0 aliphatic heterocycles. The molecule has 1 aromatic rings. The number of halogens is 2. The summed E-state index contributed by atoms with van der Waals surface area (Å²) in [5.41, 5.74) is 3.31. The van der Waals surface area contributed by atoms with Crippen molar-refractivity contribution >= 4 is 17.7 Å². The van der Waals surface area contributed by atoms with E-state index in [9.17, 15) is 13.6 Å². The minimum atomic E-state index is -3.11. The Morgan fingerprint density at radius 2 is 2.00 bits per heavy atom. The van der Waals surface area contributed by atoms with Crippen molar-refractivity contribution in [2.75, 3.05) is 0 Å². The molecule has 0 spiro atoms. The zero-order chi connectivity index (χ0) is 26.8. The summed E-state index contributed by atoms with van der Waals surface area (Å²) in [5.74, 6) is -3.56. The number of thioether (sulfide) groups is 1. The molecule has 0 fully saturated rings. The van der Waals surface area contributed by atoms with Crippen LogP contribution in [0.15, 0.2) is 63.5 Å². The van der Waals surface area contributed by atoms with Gasteiger partial charge in [0.2, 0.25) is 0 Å². The summed E-state index contributed by atoms with van der Waals surface area (Å²) in [6, 6.07) is 0.819. The van der Waals surface area contributed by atoms with E-state index in [4.69, 9.17) is 0 Å². The Kier molecular flexibility index (Phi) is 12.4. The molecule has 35 heavy (non-hydrogen) atoms. The summed E-state index contributed by atoms with van der Waals surface area (Å²) in [5, 5.41) is 6.75. The molecule has 1 unspecified atom stereocenters. The highest BCUT2D eigenvalue weighted by Gasteiger charge is 2.30. The van der Waals surface area contributed by atoms with E-state index in [1.165, 1.54) is 22.9 Å². The van der Waals surface area contributed by atoms with E-state index in [1.54, 1.807) is 17.8 Å². The average molecular weight is 506 g/mol. The van der Waals surface area contributed by atoms with E-state index >= 15 is 0 Å². The molecule has 0 aliphatic carbocycles. The maximum Gasteiger partial charge on any atom is 0.288 e. The number of allylic oxidation sites excluding steroid dienone is 7. The van der Waals surface area contributed by atoms with E-state index in [0.29, 0.717) is 0 Å². The van der Waals surface area contributed by atoms with Crippen molar-refractivity contribution in [1.82, 2.24) is 15.1 Å². The third-order valence-corrected chi connectivity index (χ3v) is 7.26. The highest BCUT2D eigenvalue weighted by Crippen LogP contribution is 2.37. The summed E-state index contributed by atoms with van der Waals surface area (Å²) >= 11 is 1.62. The number of nitrogens with one attached hydrogen (secondary N) is 1. The number of amides is 1. The summed E-state index contributed by atoms with van der Waals surface area (Å²) in [7, 11) is 1.49. The lowest BCUT2D eigenvalue weighted by Gasteiger charge is -2.21. The van der Waals surface area contributed by atoms with Crippen LogP contribution in [0.25, 0.3) is 0 Å². The minimum Gasteiger partial charge on any atom is -0.344 e. The summed E-state index contributed by atoms with van der Waals surface area (Å²) in [6.07, 6.45) is 12.2. The van der Waals surface area contributed by atoms with Gasteiger partial charge < -0.3 is 5.32 Å². The Morgan fingerprint density at radius 3 is 2.49 bits per heavy atom. The van der Waals surface area contributed by atoms with Crippen LogP contribution in [-0.4, -0.2) is 21.7 Å². The van der Waals surface area contributed by atoms with Gasteiger partial charge in [0.1, 0.15) is 11.4 Å². The standard InChI is InChI=1S/C28H41F2N3OS/c1-10-14-16-19(5)17-22(15-11-2)26(20(6)12-3)35-24(13-4)21(7)31-27(34)23-18-25(28(8,29)30)32-33(23)9/h11,13,15,17-18,21H,2,10,12,14,16H2,1,3-9H3,(H,31,34)/b19-17-,22-15+,24-13-,26-20?. The molecule has 1 N–H and O–H groups in total. The van der Waals surface area contributed by atoms with Crippen molar-refractivity contribution in [2.45, 2.75) is 86.1 Å². The van der Waals surface area contributed by atoms with Gasteiger partial charge in [0.15, 0.2) is 0 Å². The number of aromatic nitrogens is 2. The second-order valence-electron chi connectivity index (χ2n) is 8.83. The van der Waals surface area contributed by atoms with E-state index in [0.717, 1.165) is 54.1 Å². The Morgan fingerprint density at radius 1 is 1.34 bits per heavy atom. The van der Waals surface area contributed by atoms with Crippen LogP contribution in [0.3, 0.4) is 0 Å². The second kappa shape index (κ2) is 14.2. The first-order chi connectivity index (χ1) is 16.4. The minimum absolute atomic E-state index is 0.0936. The molecule has 0 saturated carbocycles. The highest BCUT2D eigenvalue weighted by atomic mass is 32.2. The lowest BCUT2D eigenvalue weighted by atomic mass is 10.0. The number of hydrogen-bond donors (Lipinski definition) is 1. The Balaban J connectivity index is 3.20. The van der Waals surface area contributed by atoms with Crippen molar-refractivity contribution in [3.8, 4) is 0 Å². The van der Waals surface area contributed by atoms with Crippen LogP contribution in [0.1, 0.15) is 90.3 Å². The second-order valence-corrected chi connectivity index (χ2v) is 9.91. The first-order valence-electron chi connectivity index (χ1n) is 12.2. The predicted molar refractivity (Wildman–Crippen MR) is 146 cm³/mol. The molecule has 194 valence electrons. The number of carbonyl (C=O) groups excluding carboxylic acids is 1. The quantitative estimate of drug-likeness (QED) is 0.275. The number of hydrogen-bond acceptors (Lipinski definition) is 3. The summed E-state index contributed by atoms with van der Waals surface area (Å²) in [6.45, 7) is 17.1. The van der Waals surface area contributed by atoms with E-state index in [-0.39, 0.29) is 11.7 Å². The van der Waals surface area contributed by atoms with Gasteiger partial charge in [-0.1, -0.05) is 74.1 Å². The fourth-order valence-corrected chi connectivity index (χ4v) is 4.57. The fourth-order valence-electron chi connectivity index (χ4n) is 3.41. The molecule has 0 radical (unpaired) electrons. The van der Waals surface area contributed by atoms with Gasteiger partial charge in [0.05, 0.1) is 6.04 Å². The third kappa shape index (κ3) is 9.28. The molecule has 0 bridgehead atoms.